The topological polar surface area (TPSA) is 78.9 Å². The van der Waals surface area contributed by atoms with Crippen LogP contribution in [0.2, 0.25) is 0 Å². The maximum atomic E-state index is 12.9. The van der Waals surface area contributed by atoms with Crippen molar-refractivity contribution in [3.8, 4) is 0 Å². The van der Waals surface area contributed by atoms with Gasteiger partial charge in [-0.25, -0.2) is 0 Å². The van der Waals surface area contributed by atoms with E-state index in [1.807, 2.05) is 0 Å². The normalized spacial score (nSPS) is 12.0. The first kappa shape index (κ1) is 66.4. The van der Waals surface area contributed by atoms with Gasteiger partial charge in [-0.15, -0.1) is 0 Å². The lowest BCUT2D eigenvalue weighted by atomic mass is 10.0. The molecule has 6 heteroatoms. The van der Waals surface area contributed by atoms with Crippen LogP contribution in [0.5, 0.6) is 0 Å². The second-order valence-electron chi connectivity index (χ2n) is 22.3. The van der Waals surface area contributed by atoms with E-state index in [4.69, 9.17) is 14.2 Å². The highest BCUT2D eigenvalue weighted by atomic mass is 16.6. The number of hydrogen-bond donors (Lipinski definition) is 0. The highest BCUT2D eigenvalue weighted by molar-refractivity contribution is 5.71. The summed E-state index contributed by atoms with van der Waals surface area (Å²) in [6.07, 6.45) is 59.6. The predicted octanol–water partition coefficient (Wildman–Crippen LogP) is 20.4. The van der Waals surface area contributed by atoms with Gasteiger partial charge in [0, 0.05) is 19.3 Å². The van der Waals surface area contributed by atoms with Crippen LogP contribution in [0.3, 0.4) is 0 Å². The van der Waals surface area contributed by atoms with Crippen LogP contribution in [-0.4, -0.2) is 37.2 Å². The fourth-order valence-corrected chi connectivity index (χ4v) is 9.58. The summed E-state index contributed by atoms with van der Waals surface area (Å²) in [7, 11) is 0. The Hall–Kier alpha value is -1.59. The average Bonchev–Trinajstić information content (AvgIpc) is 3.31. The molecule has 0 bridgehead atoms. The zero-order valence-electron chi connectivity index (χ0n) is 46.7. The molecule has 0 unspecified atom stereocenters. The Morgan fingerprint density at radius 2 is 0.485 bits per heavy atom. The van der Waals surface area contributed by atoms with Crippen molar-refractivity contribution in [1.82, 2.24) is 0 Å². The quantitative estimate of drug-likeness (QED) is 0.0343. The first-order valence-electron chi connectivity index (χ1n) is 30.7. The summed E-state index contributed by atoms with van der Waals surface area (Å²) in [5.41, 5.74) is 0. The van der Waals surface area contributed by atoms with E-state index in [0.29, 0.717) is 19.3 Å². The predicted molar refractivity (Wildman–Crippen MR) is 293 cm³/mol. The third-order valence-electron chi connectivity index (χ3n) is 14.2. The van der Waals surface area contributed by atoms with Crippen molar-refractivity contribution < 1.29 is 28.6 Å². The van der Waals surface area contributed by atoms with Crippen LogP contribution in [0.25, 0.3) is 0 Å². The Morgan fingerprint density at radius 3 is 0.721 bits per heavy atom. The molecule has 1 atom stereocenters. The van der Waals surface area contributed by atoms with Crippen LogP contribution in [0, 0.1) is 11.8 Å². The molecule has 68 heavy (non-hydrogen) atoms. The van der Waals surface area contributed by atoms with E-state index in [9.17, 15) is 14.4 Å². The molecule has 0 aromatic rings. The minimum absolute atomic E-state index is 0.0622. The molecule has 0 amide bonds. The minimum Gasteiger partial charge on any atom is -0.462 e. The zero-order valence-corrected chi connectivity index (χ0v) is 46.7. The van der Waals surface area contributed by atoms with E-state index in [1.165, 1.54) is 238 Å². The number of rotatable bonds is 56. The van der Waals surface area contributed by atoms with Gasteiger partial charge in [0.2, 0.25) is 0 Å². The van der Waals surface area contributed by atoms with Gasteiger partial charge in [-0.1, -0.05) is 311 Å². The van der Waals surface area contributed by atoms with Crippen molar-refractivity contribution >= 4 is 17.9 Å². The van der Waals surface area contributed by atoms with Crippen molar-refractivity contribution in [2.75, 3.05) is 13.2 Å². The second kappa shape index (κ2) is 54.7. The monoisotopic (exact) mass is 961 g/mol. The van der Waals surface area contributed by atoms with Crippen molar-refractivity contribution in [3.63, 3.8) is 0 Å². The van der Waals surface area contributed by atoms with Crippen molar-refractivity contribution in [1.29, 1.82) is 0 Å². The van der Waals surface area contributed by atoms with E-state index in [2.05, 4.69) is 34.6 Å². The first-order chi connectivity index (χ1) is 33.2. The van der Waals surface area contributed by atoms with Crippen LogP contribution < -0.4 is 0 Å². The van der Waals surface area contributed by atoms with E-state index < -0.39 is 6.10 Å². The lowest BCUT2D eigenvalue weighted by Crippen LogP contribution is -2.30. The van der Waals surface area contributed by atoms with E-state index >= 15 is 0 Å². The zero-order chi connectivity index (χ0) is 49.6. The summed E-state index contributed by atoms with van der Waals surface area (Å²) < 4.78 is 16.9. The molecule has 404 valence electrons. The number of ether oxygens (including phenoxy) is 3. The van der Waals surface area contributed by atoms with E-state index in [1.54, 1.807) is 0 Å². The number of hydrogen-bond acceptors (Lipinski definition) is 6. The van der Waals surface area contributed by atoms with Crippen LogP contribution in [0.4, 0.5) is 0 Å². The van der Waals surface area contributed by atoms with Gasteiger partial charge in [0.15, 0.2) is 6.10 Å². The molecule has 0 aromatic heterocycles. The summed E-state index contributed by atoms with van der Waals surface area (Å²) >= 11 is 0. The maximum Gasteiger partial charge on any atom is 0.306 e. The van der Waals surface area contributed by atoms with Gasteiger partial charge in [0.25, 0.3) is 0 Å². The maximum absolute atomic E-state index is 12.9. The number of esters is 3. The van der Waals surface area contributed by atoms with Crippen molar-refractivity contribution in [2.24, 2.45) is 11.8 Å². The van der Waals surface area contributed by atoms with Crippen LogP contribution in [0.15, 0.2) is 0 Å². The Balaban J connectivity index is 4.25. The van der Waals surface area contributed by atoms with E-state index in [-0.39, 0.29) is 31.1 Å². The fraction of sp³-hybridized carbons (Fsp3) is 0.952. The van der Waals surface area contributed by atoms with Gasteiger partial charge in [0.05, 0.1) is 0 Å². The average molecular weight is 962 g/mol. The number of unbranched alkanes of at least 4 members (excludes halogenated alkanes) is 41. The fourth-order valence-electron chi connectivity index (χ4n) is 9.58. The van der Waals surface area contributed by atoms with Gasteiger partial charge in [-0.2, -0.15) is 0 Å². The largest absolute Gasteiger partial charge is 0.462 e. The second-order valence-corrected chi connectivity index (χ2v) is 22.3. The van der Waals surface area contributed by atoms with Gasteiger partial charge in [-0.3, -0.25) is 14.4 Å². The van der Waals surface area contributed by atoms with Crippen molar-refractivity contribution in [3.05, 3.63) is 0 Å². The lowest BCUT2D eigenvalue weighted by molar-refractivity contribution is -0.167. The van der Waals surface area contributed by atoms with Crippen LogP contribution in [0.1, 0.15) is 349 Å². The molecule has 0 aliphatic carbocycles. The molecule has 0 rings (SSSR count). The standard InChI is InChI=1S/C62H120O6/c1-6-7-8-9-10-11-12-13-21-27-32-37-42-47-52-60(63)66-55-59(68-62(65)54-49-44-39-34-29-24-23-26-31-36-41-46-51-58(4)5)56-67-61(64)53-48-43-38-33-28-22-19-17-15-14-16-18-20-25-30-35-40-45-50-57(2)3/h57-59H,6-56H2,1-5H3/t59-/m0/s1. The molecule has 0 aliphatic heterocycles. The summed E-state index contributed by atoms with van der Waals surface area (Å²) in [6.45, 7) is 11.4. The molecule has 0 N–H and O–H groups in total. The summed E-state index contributed by atoms with van der Waals surface area (Å²) in [4.78, 5) is 38.2. The SMILES string of the molecule is CCCCCCCCCCCCCCCCC(=O)OC[C@@H](COC(=O)CCCCCCCCCCCCCCCCCCCCC(C)C)OC(=O)CCCCCCCCCCCCCCC(C)C. The van der Waals surface area contributed by atoms with E-state index in [0.717, 1.165) is 69.6 Å². The van der Waals surface area contributed by atoms with Gasteiger partial charge >= 0.3 is 17.9 Å². The summed E-state index contributed by atoms with van der Waals surface area (Å²) in [5.74, 6) is 0.857. The molecule has 0 aliphatic rings. The third kappa shape index (κ3) is 55.3. The van der Waals surface area contributed by atoms with Gasteiger partial charge in [0.1, 0.15) is 13.2 Å². The molecule has 0 saturated carbocycles. The smallest absolute Gasteiger partial charge is 0.306 e. The molecule has 6 nitrogen and oxygen atoms in total. The third-order valence-corrected chi connectivity index (χ3v) is 14.2. The Labute approximate surface area is 425 Å². The molecular formula is C62H120O6. The highest BCUT2D eigenvalue weighted by Crippen LogP contribution is 2.19. The number of carbonyl (C=O) groups excluding carboxylic acids is 3. The van der Waals surface area contributed by atoms with Crippen LogP contribution in [-0.2, 0) is 28.6 Å². The highest BCUT2D eigenvalue weighted by Gasteiger charge is 2.19. The Kier molecular flexibility index (Phi) is 53.5. The molecular weight excluding hydrogens is 841 g/mol. The first-order valence-corrected chi connectivity index (χ1v) is 30.7. The van der Waals surface area contributed by atoms with Crippen molar-refractivity contribution in [2.45, 2.75) is 355 Å². The molecule has 0 radical (unpaired) electrons. The molecule has 0 heterocycles. The molecule has 0 spiro atoms. The molecule has 0 saturated heterocycles. The van der Waals surface area contributed by atoms with Crippen LogP contribution >= 0.6 is 0 Å². The lowest BCUT2D eigenvalue weighted by Gasteiger charge is -2.18. The molecule has 0 fully saturated rings. The van der Waals surface area contributed by atoms with Gasteiger partial charge in [-0.05, 0) is 31.1 Å². The summed E-state index contributed by atoms with van der Waals surface area (Å²) in [5, 5.41) is 0. The Bertz CT molecular complexity index is 1040. The van der Waals surface area contributed by atoms with Gasteiger partial charge < -0.3 is 14.2 Å². The Morgan fingerprint density at radius 1 is 0.279 bits per heavy atom. The number of carbonyl (C=O) groups is 3. The minimum atomic E-state index is -0.763. The summed E-state index contributed by atoms with van der Waals surface area (Å²) in [6, 6.07) is 0. The molecule has 0 aromatic carbocycles.